The molecule has 2 saturated heterocycles. The lowest BCUT2D eigenvalue weighted by Gasteiger charge is -2.38. The van der Waals surface area contributed by atoms with Gasteiger partial charge in [0, 0.05) is 37.5 Å². The monoisotopic (exact) mass is 412 g/mol. The van der Waals surface area contributed by atoms with Gasteiger partial charge in [0.15, 0.2) is 5.82 Å². The van der Waals surface area contributed by atoms with E-state index in [1.807, 2.05) is 18.2 Å². The van der Waals surface area contributed by atoms with E-state index in [9.17, 15) is 14.4 Å². The molecule has 3 heterocycles. The second-order valence-corrected chi connectivity index (χ2v) is 8.25. The minimum Gasteiger partial charge on any atom is -0.323 e. The summed E-state index contributed by atoms with van der Waals surface area (Å²) in [6, 6.07) is 5.84. The molecule has 2 unspecified atom stereocenters. The predicted molar refractivity (Wildman–Crippen MR) is 114 cm³/mol. The smallest absolute Gasteiger partial charge is 0.323 e. The highest BCUT2D eigenvalue weighted by atomic mass is 16.2. The normalized spacial score (nSPS) is 23.0. The van der Waals surface area contributed by atoms with Gasteiger partial charge in [-0.3, -0.25) is 29.4 Å². The Hall–Kier alpha value is -2.94. The number of aryl methyl sites for hydroxylation is 1. The molecule has 0 spiro atoms. The number of benzene rings is 1. The molecule has 1 aromatic carbocycles. The predicted octanol–water partition coefficient (Wildman–Crippen LogP) is 2.22. The van der Waals surface area contributed by atoms with Gasteiger partial charge in [-0.15, -0.1) is 0 Å². The molecular weight excluding hydrogens is 384 g/mol. The Bertz CT molecular complexity index is 990. The molecule has 0 saturated carbocycles. The largest absolute Gasteiger partial charge is 0.329 e. The van der Waals surface area contributed by atoms with Crippen molar-refractivity contribution in [1.29, 1.82) is 0 Å². The molecule has 9 heteroatoms. The van der Waals surface area contributed by atoms with Crippen LogP contribution in [0.15, 0.2) is 18.2 Å². The number of amides is 4. The Morgan fingerprint density at radius 1 is 1.23 bits per heavy atom. The maximum absolute atomic E-state index is 12.8. The number of carbonyl (C=O) groups is 3. The lowest BCUT2D eigenvalue weighted by atomic mass is 9.97. The summed E-state index contributed by atoms with van der Waals surface area (Å²) < 4.78 is 1.66. The summed E-state index contributed by atoms with van der Waals surface area (Å²) in [5.74, 6) is 0.129. The average Bonchev–Trinajstić information content (AvgIpc) is 3.02. The van der Waals surface area contributed by atoms with Crippen LogP contribution >= 0.6 is 0 Å². The zero-order valence-corrected chi connectivity index (χ0v) is 17.6. The second kappa shape index (κ2) is 8.06. The summed E-state index contributed by atoms with van der Waals surface area (Å²) in [6.07, 6.45) is 3.65. The lowest BCUT2D eigenvalue weighted by Crippen LogP contribution is -2.49. The van der Waals surface area contributed by atoms with Crippen molar-refractivity contribution < 1.29 is 14.4 Å². The third-order valence-corrected chi connectivity index (χ3v) is 6.13. The fourth-order valence-electron chi connectivity index (χ4n) is 4.53. The summed E-state index contributed by atoms with van der Waals surface area (Å²) >= 11 is 0. The quantitative estimate of drug-likeness (QED) is 0.802. The van der Waals surface area contributed by atoms with E-state index in [-0.39, 0.29) is 24.8 Å². The van der Waals surface area contributed by atoms with Crippen LogP contribution in [-0.4, -0.2) is 57.7 Å². The van der Waals surface area contributed by atoms with Crippen molar-refractivity contribution in [1.82, 2.24) is 20.0 Å². The first-order valence-corrected chi connectivity index (χ1v) is 10.5. The molecule has 0 bridgehead atoms. The van der Waals surface area contributed by atoms with Crippen LogP contribution in [0, 0.1) is 0 Å². The summed E-state index contributed by atoms with van der Waals surface area (Å²) in [7, 11) is 1.78. The van der Waals surface area contributed by atoms with Gasteiger partial charge in [0.05, 0.1) is 17.7 Å². The number of anilines is 2. The van der Waals surface area contributed by atoms with Gasteiger partial charge in [0.1, 0.15) is 0 Å². The Morgan fingerprint density at radius 2 is 1.97 bits per heavy atom. The number of piperidine rings is 1. The van der Waals surface area contributed by atoms with E-state index in [4.69, 9.17) is 0 Å². The second-order valence-electron chi connectivity index (χ2n) is 8.25. The zero-order chi connectivity index (χ0) is 21.4. The van der Waals surface area contributed by atoms with E-state index in [0.29, 0.717) is 30.1 Å². The van der Waals surface area contributed by atoms with Crippen LogP contribution in [0.1, 0.15) is 39.5 Å². The first kappa shape index (κ1) is 20.3. The summed E-state index contributed by atoms with van der Waals surface area (Å²) in [6.45, 7) is 4.97. The van der Waals surface area contributed by atoms with Crippen LogP contribution in [0.5, 0.6) is 0 Å². The number of carbonyl (C=O) groups excluding carboxylic acids is 3. The van der Waals surface area contributed by atoms with E-state index in [1.54, 1.807) is 11.7 Å². The van der Waals surface area contributed by atoms with Crippen molar-refractivity contribution >= 4 is 40.3 Å². The van der Waals surface area contributed by atoms with Crippen LogP contribution in [-0.2, 0) is 16.6 Å². The zero-order valence-electron chi connectivity index (χ0n) is 17.6. The molecule has 2 aromatic rings. The molecule has 9 nitrogen and oxygen atoms in total. The maximum Gasteiger partial charge on any atom is 0.329 e. The van der Waals surface area contributed by atoms with Gasteiger partial charge in [-0.25, -0.2) is 4.79 Å². The van der Waals surface area contributed by atoms with Gasteiger partial charge < -0.3 is 5.32 Å². The van der Waals surface area contributed by atoms with Gasteiger partial charge >= 0.3 is 6.03 Å². The van der Waals surface area contributed by atoms with E-state index in [1.165, 1.54) is 11.3 Å². The first-order valence-electron chi connectivity index (χ1n) is 10.5. The number of urea groups is 1. The molecule has 160 valence electrons. The van der Waals surface area contributed by atoms with Crippen LogP contribution in [0.2, 0.25) is 0 Å². The highest BCUT2D eigenvalue weighted by molar-refractivity contribution is 6.11. The molecule has 1 aromatic heterocycles. The fraction of sp³-hybridized carbons (Fsp3) is 0.524. The van der Waals surface area contributed by atoms with Crippen molar-refractivity contribution in [2.24, 2.45) is 7.05 Å². The van der Waals surface area contributed by atoms with Crippen LogP contribution in [0.3, 0.4) is 0 Å². The van der Waals surface area contributed by atoms with Gasteiger partial charge in [0.25, 0.3) is 0 Å². The number of nitrogens with one attached hydrogen (secondary N) is 2. The molecule has 2 N–H and O–H groups in total. The van der Waals surface area contributed by atoms with Crippen LogP contribution < -0.4 is 15.5 Å². The molecule has 30 heavy (non-hydrogen) atoms. The molecule has 2 aliphatic heterocycles. The number of nitrogens with zero attached hydrogens (tertiary/aromatic N) is 4. The van der Waals surface area contributed by atoms with E-state index >= 15 is 0 Å². The Morgan fingerprint density at radius 3 is 2.67 bits per heavy atom. The molecule has 4 amide bonds. The third kappa shape index (κ3) is 3.77. The van der Waals surface area contributed by atoms with Crippen LogP contribution in [0.4, 0.5) is 16.3 Å². The summed E-state index contributed by atoms with van der Waals surface area (Å²) in [4.78, 5) is 40.3. The highest BCUT2D eigenvalue weighted by Gasteiger charge is 2.29. The Labute approximate surface area is 175 Å². The van der Waals surface area contributed by atoms with Gasteiger partial charge in [-0.05, 0) is 38.8 Å². The standard InChI is InChI=1S/C21H28N6O3/c1-13-6-4-7-14(2)27(13)12-18(29)22-16-9-5-8-15-19(16)25(3)24-20(15)26-11-10-17(28)23-21(26)30/h5,8-9,13-14H,4,6-7,10-12H2,1-3H3,(H,22,29)(H,23,28,30). The minimum absolute atomic E-state index is 0.0628. The van der Waals surface area contributed by atoms with E-state index < -0.39 is 6.03 Å². The van der Waals surface area contributed by atoms with Gasteiger partial charge in [0.2, 0.25) is 11.8 Å². The number of para-hydroxylation sites is 1. The summed E-state index contributed by atoms with van der Waals surface area (Å²) in [5.41, 5.74) is 1.40. The first-order chi connectivity index (χ1) is 14.3. The van der Waals surface area contributed by atoms with Gasteiger partial charge in [-0.1, -0.05) is 12.5 Å². The van der Waals surface area contributed by atoms with E-state index in [0.717, 1.165) is 23.7 Å². The lowest BCUT2D eigenvalue weighted by molar-refractivity contribution is -0.120. The van der Waals surface area contributed by atoms with Crippen molar-refractivity contribution in [3.8, 4) is 0 Å². The minimum atomic E-state index is -0.478. The Balaban J connectivity index is 1.58. The molecule has 2 aliphatic rings. The topological polar surface area (TPSA) is 99.6 Å². The number of fused-ring (bicyclic) bond motifs is 1. The summed E-state index contributed by atoms with van der Waals surface area (Å²) in [5, 5.41) is 10.6. The van der Waals surface area contributed by atoms with Gasteiger partial charge in [-0.2, -0.15) is 5.10 Å². The molecule has 2 fully saturated rings. The Kier molecular flexibility index (Phi) is 5.46. The third-order valence-electron chi connectivity index (χ3n) is 6.13. The molecule has 0 radical (unpaired) electrons. The maximum atomic E-state index is 12.8. The average molecular weight is 412 g/mol. The number of imide groups is 1. The number of aromatic nitrogens is 2. The van der Waals surface area contributed by atoms with Crippen molar-refractivity contribution in [2.75, 3.05) is 23.3 Å². The SMILES string of the molecule is CC1CCCC(C)N1CC(=O)Nc1cccc2c(N3CCC(=O)NC3=O)nn(C)c12. The van der Waals surface area contributed by atoms with Crippen molar-refractivity contribution in [3.05, 3.63) is 18.2 Å². The number of rotatable bonds is 4. The molecular formula is C21H28N6O3. The number of hydrogen-bond acceptors (Lipinski definition) is 5. The van der Waals surface area contributed by atoms with Crippen molar-refractivity contribution in [3.63, 3.8) is 0 Å². The number of likely N-dealkylation sites (tertiary alicyclic amines) is 1. The fourth-order valence-corrected chi connectivity index (χ4v) is 4.53. The molecule has 2 atom stereocenters. The highest BCUT2D eigenvalue weighted by Crippen LogP contribution is 2.32. The van der Waals surface area contributed by atoms with Crippen LogP contribution in [0.25, 0.3) is 10.9 Å². The molecule has 0 aliphatic carbocycles. The number of hydrogen-bond donors (Lipinski definition) is 2. The molecule has 4 rings (SSSR count). The van der Waals surface area contributed by atoms with Crippen molar-refractivity contribution in [2.45, 2.75) is 51.6 Å². The van der Waals surface area contributed by atoms with E-state index in [2.05, 4.69) is 34.5 Å².